The molecule has 1 aromatic carbocycles. The van der Waals surface area contributed by atoms with Crippen LogP contribution in [0.4, 0.5) is 30.4 Å². The van der Waals surface area contributed by atoms with Crippen molar-refractivity contribution in [1.29, 1.82) is 0 Å². The van der Waals surface area contributed by atoms with Crippen molar-refractivity contribution in [3.8, 4) is 0 Å². The van der Waals surface area contributed by atoms with Gasteiger partial charge in [0.1, 0.15) is 11.4 Å². The lowest BCUT2D eigenvalue weighted by Crippen LogP contribution is -2.48. The van der Waals surface area contributed by atoms with E-state index in [0.717, 1.165) is 6.07 Å². The van der Waals surface area contributed by atoms with Crippen molar-refractivity contribution in [2.24, 2.45) is 0 Å². The van der Waals surface area contributed by atoms with Gasteiger partial charge in [0.05, 0.1) is 40.9 Å². The number of hydrogen-bond acceptors (Lipinski definition) is 6. The van der Waals surface area contributed by atoms with Crippen molar-refractivity contribution >= 4 is 44.9 Å². The number of nitrogens with one attached hydrogen (secondary N) is 3. The molecule has 0 spiro atoms. The fourth-order valence-corrected chi connectivity index (χ4v) is 3.68. The van der Waals surface area contributed by atoms with E-state index in [-0.39, 0.29) is 24.0 Å². The zero-order valence-corrected chi connectivity index (χ0v) is 19.7. The Hall–Kier alpha value is -3.67. The standard InChI is InChI=1S/C23H20BrF3N6O2/c24-14-2-5-18(17(9-14)23(25,26)27)32-16-4-3-15(29-12-16)11-31-21(35)22(7-8-22)33-20(34)13-1-6-19(28)30-10-13/h1-6,9-10,12,32H,7-8,11H2,(H2,28,30)(H,31,35)(H,33,34). The summed E-state index contributed by atoms with van der Waals surface area (Å²) in [5.41, 5.74) is 4.77. The minimum atomic E-state index is -4.53. The second kappa shape index (κ2) is 9.53. The smallest absolute Gasteiger partial charge is 0.384 e. The van der Waals surface area contributed by atoms with Gasteiger partial charge in [-0.2, -0.15) is 13.2 Å². The Balaban J connectivity index is 1.34. The number of benzene rings is 1. The lowest BCUT2D eigenvalue weighted by Gasteiger charge is -2.17. The molecule has 2 aromatic heterocycles. The summed E-state index contributed by atoms with van der Waals surface area (Å²) in [6.07, 6.45) is -0.811. The van der Waals surface area contributed by atoms with Gasteiger partial charge in [-0.25, -0.2) is 4.98 Å². The zero-order chi connectivity index (χ0) is 25.2. The molecule has 35 heavy (non-hydrogen) atoms. The molecule has 0 radical (unpaired) electrons. The van der Waals surface area contributed by atoms with Crippen molar-refractivity contribution in [1.82, 2.24) is 20.6 Å². The van der Waals surface area contributed by atoms with Crippen LogP contribution in [0.2, 0.25) is 0 Å². The molecule has 1 fully saturated rings. The molecule has 5 N–H and O–H groups in total. The third-order valence-corrected chi connectivity index (χ3v) is 5.90. The number of nitrogen functional groups attached to an aromatic ring is 1. The minimum absolute atomic E-state index is 0.0895. The van der Waals surface area contributed by atoms with Gasteiger partial charge in [0.25, 0.3) is 5.91 Å². The maximum atomic E-state index is 13.3. The van der Waals surface area contributed by atoms with E-state index in [1.165, 1.54) is 36.7 Å². The predicted molar refractivity (Wildman–Crippen MR) is 127 cm³/mol. The highest BCUT2D eigenvalue weighted by atomic mass is 79.9. The second-order valence-electron chi connectivity index (χ2n) is 8.04. The first-order chi connectivity index (χ1) is 16.6. The molecule has 0 unspecified atom stereocenters. The molecule has 2 amide bonds. The first-order valence-electron chi connectivity index (χ1n) is 10.5. The quantitative estimate of drug-likeness (QED) is 0.351. The summed E-state index contributed by atoms with van der Waals surface area (Å²) in [4.78, 5) is 33.2. The summed E-state index contributed by atoms with van der Waals surface area (Å²) in [6.45, 7) is 0.0895. The van der Waals surface area contributed by atoms with Gasteiger partial charge in [0.15, 0.2) is 0 Å². The van der Waals surface area contributed by atoms with E-state index in [1.807, 2.05) is 0 Å². The van der Waals surface area contributed by atoms with Crippen LogP contribution in [0.1, 0.15) is 34.5 Å². The van der Waals surface area contributed by atoms with Crippen LogP contribution in [0.15, 0.2) is 59.3 Å². The van der Waals surface area contributed by atoms with E-state index in [1.54, 1.807) is 12.1 Å². The number of carbonyl (C=O) groups is 2. The molecule has 8 nitrogen and oxygen atoms in total. The fraction of sp³-hybridized carbons (Fsp3) is 0.217. The zero-order valence-electron chi connectivity index (χ0n) is 18.1. The number of amides is 2. The lowest BCUT2D eigenvalue weighted by molar-refractivity contribution is -0.137. The third-order valence-electron chi connectivity index (χ3n) is 5.41. The number of halogens is 4. The van der Waals surface area contributed by atoms with Gasteiger partial charge < -0.3 is 21.7 Å². The van der Waals surface area contributed by atoms with Gasteiger partial charge in [-0.3, -0.25) is 14.6 Å². The number of pyridine rings is 2. The van der Waals surface area contributed by atoms with Crippen LogP contribution in [0.5, 0.6) is 0 Å². The first-order valence-corrected chi connectivity index (χ1v) is 11.3. The first kappa shape index (κ1) is 24.5. The van der Waals surface area contributed by atoms with Crippen LogP contribution in [0.25, 0.3) is 0 Å². The summed E-state index contributed by atoms with van der Waals surface area (Å²) in [5.74, 6) is -0.486. The number of nitrogens with zero attached hydrogens (tertiary/aromatic N) is 2. The molecule has 0 atom stereocenters. The normalized spacial score (nSPS) is 14.2. The van der Waals surface area contributed by atoms with Crippen molar-refractivity contribution in [2.45, 2.75) is 31.1 Å². The summed E-state index contributed by atoms with van der Waals surface area (Å²) in [7, 11) is 0. The van der Waals surface area contributed by atoms with Gasteiger partial charge in [-0.05, 0) is 55.3 Å². The van der Waals surface area contributed by atoms with E-state index in [0.29, 0.717) is 34.3 Å². The molecular weight excluding hydrogens is 529 g/mol. The maximum Gasteiger partial charge on any atom is 0.418 e. The Labute approximate surface area is 206 Å². The van der Waals surface area contributed by atoms with Crippen LogP contribution < -0.4 is 21.7 Å². The van der Waals surface area contributed by atoms with Crippen LogP contribution in [0, 0.1) is 0 Å². The number of nitrogens with two attached hydrogens (primary N) is 1. The molecule has 0 bridgehead atoms. The number of hydrogen-bond donors (Lipinski definition) is 4. The maximum absolute atomic E-state index is 13.3. The van der Waals surface area contributed by atoms with E-state index in [2.05, 4.69) is 41.8 Å². The Bertz CT molecular complexity index is 1250. The fourth-order valence-electron chi connectivity index (χ4n) is 3.32. The predicted octanol–water partition coefficient (Wildman–Crippen LogP) is 4.16. The summed E-state index contributed by atoms with van der Waals surface area (Å²) in [6, 6.07) is 10.0. The topological polar surface area (TPSA) is 122 Å². The molecule has 0 saturated heterocycles. The van der Waals surface area contributed by atoms with Gasteiger partial charge in [0.2, 0.25) is 5.91 Å². The van der Waals surface area contributed by atoms with Gasteiger partial charge >= 0.3 is 6.18 Å². The Morgan fingerprint density at radius 1 is 1.06 bits per heavy atom. The van der Waals surface area contributed by atoms with Gasteiger partial charge in [-0.1, -0.05) is 15.9 Å². The van der Waals surface area contributed by atoms with Crippen molar-refractivity contribution in [3.63, 3.8) is 0 Å². The highest BCUT2D eigenvalue weighted by Crippen LogP contribution is 2.38. The SMILES string of the molecule is Nc1ccc(C(=O)NC2(C(=O)NCc3ccc(Nc4ccc(Br)cc4C(F)(F)F)cn3)CC2)cn1. The van der Waals surface area contributed by atoms with Crippen LogP contribution in [0.3, 0.4) is 0 Å². The number of carbonyl (C=O) groups excluding carboxylic acids is 2. The number of anilines is 3. The molecule has 3 aromatic rings. The molecule has 182 valence electrons. The Kier molecular flexibility index (Phi) is 6.66. The van der Waals surface area contributed by atoms with E-state index < -0.39 is 23.2 Å². The van der Waals surface area contributed by atoms with Crippen molar-refractivity contribution in [2.75, 3.05) is 11.1 Å². The molecule has 4 rings (SSSR count). The van der Waals surface area contributed by atoms with Gasteiger partial charge in [0, 0.05) is 10.7 Å². The van der Waals surface area contributed by atoms with E-state index >= 15 is 0 Å². The monoisotopic (exact) mass is 548 g/mol. The summed E-state index contributed by atoms with van der Waals surface area (Å²) >= 11 is 3.05. The van der Waals surface area contributed by atoms with Crippen LogP contribution >= 0.6 is 15.9 Å². The van der Waals surface area contributed by atoms with Crippen LogP contribution in [-0.4, -0.2) is 27.3 Å². The number of aromatic nitrogens is 2. The highest BCUT2D eigenvalue weighted by Gasteiger charge is 2.51. The second-order valence-corrected chi connectivity index (χ2v) is 8.96. The van der Waals surface area contributed by atoms with Crippen LogP contribution in [-0.2, 0) is 17.5 Å². The summed E-state index contributed by atoms with van der Waals surface area (Å²) < 4.78 is 40.3. The molecule has 1 aliphatic rings. The van der Waals surface area contributed by atoms with Gasteiger partial charge in [-0.15, -0.1) is 0 Å². The number of rotatable bonds is 7. The molecule has 0 aliphatic heterocycles. The Morgan fingerprint density at radius 3 is 2.43 bits per heavy atom. The number of alkyl halides is 3. The van der Waals surface area contributed by atoms with E-state index in [4.69, 9.17) is 5.73 Å². The van der Waals surface area contributed by atoms with Crippen molar-refractivity contribution < 1.29 is 22.8 Å². The molecule has 2 heterocycles. The molecule has 12 heteroatoms. The average Bonchev–Trinajstić information content (AvgIpc) is 3.60. The molecule has 1 aliphatic carbocycles. The highest BCUT2D eigenvalue weighted by molar-refractivity contribution is 9.10. The van der Waals surface area contributed by atoms with E-state index in [9.17, 15) is 22.8 Å². The third kappa shape index (κ3) is 5.88. The average molecular weight is 549 g/mol. The van der Waals surface area contributed by atoms with Crippen molar-refractivity contribution in [3.05, 3.63) is 76.2 Å². The Morgan fingerprint density at radius 2 is 1.83 bits per heavy atom. The largest absolute Gasteiger partial charge is 0.418 e. The minimum Gasteiger partial charge on any atom is -0.384 e. The lowest BCUT2D eigenvalue weighted by atomic mass is 10.1. The molecule has 1 saturated carbocycles. The summed E-state index contributed by atoms with van der Waals surface area (Å²) in [5, 5.41) is 8.21. The molecular formula is C23H20BrF3N6O2.